The number of benzene rings is 3. The van der Waals surface area contributed by atoms with Crippen molar-refractivity contribution in [1.29, 1.82) is 0 Å². The van der Waals surface area contributed by atoms with Crippen LogP contribution in [0, 0.1) is 0 Å². The van der Waals surface area contributed by atoms with Crippen molar-refractivity contribution in [3.8, 4) is 17.0 Å². The molecule has 0 saturated carbocycles. The second kappa shape index (κ2) is 14.0. The van der Waals surface area contributed by atoms with Gasteiger partial charge in [-0.1, -0.05) is 81.5 Å². The molecule has 6 nitrogen and oxygen atoms in total. The zero-order valence-corrected chi connectivity index (χ0v) is 31.4. The van der Waals surface area contributed by atoms with Crippen molar-refractivity contribution in [1.82, 2.24) is 15.0 Å². The van der Waals surface area contributed by atoms with Crippen molar-refractivity contribution in [3.05, 3.63) is 131 Å². The number of hydrogen-bond donors (Lipinski definition) is 0. The van der Waals surface area contributed by atoms with E-state index in [0.29, 0.717) is 0 Å². The third kappa shape index (κ3) is 6.19. The first-order valence-corrected chi connectivity index (χ1v) is 18.7. The number of rotatable bonds is 10. The van der Waals surface area contributed by atoms with E-state index in [2.05, 4.69) is 135 Å². The summed E-state index contributed by atoms with van der Waals surface area (Å²) in [6.07, 6.45) is 16.8. The van der Waals surface area contributed by atoms with Crippen LogP contribution in [0.2, 0.25) is 0 Å². The van der Waals surface area contributed by atoms with E-state index in [1.807, 2.05) is 28.9 Å². The summed E-state index contributed by atoms with van der Waals surface area (Å²) in [5.74, 6) is 0.826. The summed E-state index contributed by atoms with van der Waals surface area (Å²) in [5, 5.41) is 9.47. The molecule has 0 radical (unpaired) electrons. The first-order valence-electron chi connectivity index (χ1n) is 18.7. The fourth-order valence-corrected chi connectivity index (χ4v) is 8.37. The third-order valence-corrected chi connectivity index (χ3v) is 11.0. The molecule has 51 heavy (non-hydrogen) atoms. The maximum absolute atomic E-state index is 5.41. The second-order valence-corrected chi connectivity index (χ2v) is 15.1. The van der Waals surface area contributed by atoms with Gasteiger partial charge in [0.1, 0.15) is 18.0 Å². The minimum absolute atomic E-state index is 0.0959. The number of nitrogens with zero attached hydrogens (tertiary/aromatic N) is 5. The molecular weight excluding hydrogens is 627 g/mol. The highest BCUT2D eigenvalue weighted by atomic mass is 16.5. The zero-order valence-electron chi connectivity index (χ0n) is 31.4. The molecule has 2 aliphatic heterocycles. The lowest BCUT2D eigenvalue weighted by atomic mass is 9.81. The van der Waals surface area contributed by atoms with Crippen LogP contribution in [0.5, 0.6) is 5.75 Å². The number of fused-ring (bicyclic) bond motifs is 2. The van der Waals surface area contributed by atoms with E-state index in [4.69, 9.17) is 9.95 Å². The molecule has 0 spiro atoms. The van der Waals surface area contributed by atoms with E-state index in [1.165, 1.54) is 45.1 Å². The largest absolute Gasteiger partial charge is 0.497 e. The smallest absolute Gasteiger partial charge is 0.209 e. The second-order valence-electron chi connectivity index (χ2n) is 15.1. The molecule has 262 valence electrons. The van der Waals surface area contributed by atoms with Gasteiger partial charge < -0.3 is 9.64 Å². The molecule has 3 aliphatic rings. The van der Waals surface area contributed by atoms with Crippen LogP contribution in [-0.4, -0.2) is 45.5 Å². The van der Waals surface area contributed by atoms with Gasteiger partial charge in [0.25, 0.3) is 0 Å². The van der Waals surface area contributed by atoms with Crippen LogP contribution >= 0.6 is 0 Å². The summed E-state index contributed by atoms with van der Waals surface area (Å²) in [6, 6.07) is 25.8. The third-order valence-electron chi connectivity index (χ3n) is 11.0. The molecule has 0 atom stereocenters. The Kier molecular flexibility index (Phi) is 9.45. The van der Waals surface area contributed by atoms with Gasteiger partial charge in [-0.2, -0.15) is 4.58 Å². The molecule has 4 aromatic rings. The summed E-state index contributed by atoms with van der Waals surface area (Å²) in [5.41, 5.74) is 13.5. The molecule has 0 saturated heterocycles. The molecule has 3 heterocycles. The summed E-state index contributed by atoms with van der Waals surface area (Å²) in [6.45, 7) is 15.9. The van der Waals surface area contributed by atoms with Crippen molar-refractivity contribution in [2.75, 3.05) is 25.1 Å². The zero-order chi connectivity index (χ0) is 35.8. The van der Waals surface area contributed by atoms with Gasteiger partial charge in [0.2, 0.25) is 5.69 Å². The molecule has 1 aromatic heterocycles. The lowest BCUT2D eigenvalue weighted by Crippen LogP contribution is -2.28. The summed E-state index contributed by atoms with van der Waals surface area (Å²) in [4.78, 5) is 2.52. The highest BCUT2D eigenvalue weighted by Crippen LogP contribution is 2.48. The fraction of sp³-hybridized carbons (Fsp3) is 0.356. The maximum atomic E-state index is 5.41. The van der Waals surface area contributed by atoms with Gasteiger partial charge >= 0.3 is 0 Å². The maximum Gasteiger partial charge on any atom is 0.209 e. The van der Waals surface area contributed by atoms with E-state index in [1.54, 1.807) is 7.11 Å². The highest BCUT2D eigenvalue weighted by molar-refractivity contribution is 6.03. The number of hydrogen-bond acceptors (Lipinski definition) is 4. The van der Waals surface area contributed by atoms with Crippen molar-refractivity contribution in [3.63, 3.8) is 0 Å². The van der Waals surface area contributed by atoms with Gasteiger partial charge in [-0.25, -0.2) is 4.68 Å². The van der Waals surface area contributed by atoms with E-state index < -0.39 is 0 Å². The summed E-state index contributed by atoms with van der Waals surface area (Å²) in [7, 11) is 1.69. The van der Waals surface area contributed by atoms with Gasteiger partial charge in [0.05, 0.1) is 24.4 Å². The van der Waals surface area contributed by atoms with Crippen LogP contribution in [0.25, 0.3) is 17.0 Å². The topological polar surface area (TPSA) is 46.2 Å². The number of methoxy groups -OCH3 is 1. The monoisotopic (exact) mass is 678 g/mol. The lowest BCUT2D eigenvalue weighted by molar-refractivity contribution is -0.437. The van der Waals surface area contributed by atoms with Gasteiger partial charge in [-0.05, 0) is 92.6 Å². The number of anilines is 1. The van der Waals surface area contributed by atoms with Crippen molar-refractivity contribution < 1.29 is 9.31 Å². The van der Waals surface area contributed by atoms with E-state index in [9.17, 15) is 0 Å². The molecule has 0 unspecified atom stereocenters. The Morgan fingerprint density at radius 2 is 1.57 bits per heavy atom. The normalized spacial score (nSPS) is 19.5. The minimum Gasteiger partial charge on any atom is -0.497 e. The first kappa shape index (κ1) is 34.5. The molecular formula is C45H52N5O+. The molecule has 0 N–H and O–H groups in total. The quantitative estimate of drug-likeness (QED) is 0.157. The van der Waals surface area contributed by atoms with E-state index >= 15 is 0 Å². The van der Waals surface area contributed by atoms with Crippen molar-refractivity contribution in [2.24, 2.45) is 0 Å². The SMILES string of the molecule is CCCN1/C(=C/C=C2\CCCC(/C=C/C3=[N+](CCC)c4ccccc4C3(C)C)=C2n2cc(-c3ccc(OC)cc3)nn2)C(C)(C)c2ccccc21. The lowest BCUT2D eigenvalue weighted by Gasteiger charge is -2.27. The average Bonchev–Trinajstić information content (AvgIpc) is 3.77. The Balaban J connectivity index is 1.36. The molecule has 1 aliphatic carbocycles. The number of allylic oxidation sites excluding steroid dienone is 8. The molecule has 3 aromatic carbocycles. The Labute approximate surface area is 304 Å². The summed E-state index contributed by atoms with van der Waals surface area (Å²) < 4.78 is 9.95. The first-order chi connectivity index (χ1) is 24.7. The van der Waals surface area contributed by atoms with E-state index in [-0.39, 0.29) is 10.8 Å². The van der Waals surface area contributed by atoms with Crippen LogP contribution in [0.15, 0.2) is 120 Å². The highest BCUT2D eigenvalue weighted by Gasteiger charge is 2.44. The Morgan fingerprint density at radius 1 is 0.824 bits per heavy atom. The van der Waals surface area contributed by atoms with Gasteiger partial charge in [-0.15, -0.1) is 5.10 Å². The van der Waals surface area contributed by atoms with Gasteiger partial charge in [0, 0.05) is 53.0 Å². The Morgan fingerprint density at radius 3 is 2.31 bits per heavy atom. The number of ether oxygens (including phenoxy) is 1. The molecule has 0 amide bonds. The number of para-hydroxylation sites is 2. The van der Waals surface area contributed by atoms with Gasteiger partial charge in [0.15, 0.2) is 5.71 Å². The van der Waals surface area contributed by atoms with Crippen molar-refractivity contribution in [2.45, 2.75) is 84.5 Å². The van der Waals surface area contributed by atoms with Crippen LogP contribution in [0.4, 0.5) is 11.4 Å². The fourth-order valence-electron chi connectivity index (χ4n) is 8.37. The average molecular weight is 679 g/mol. The molecule has 0 fully saturated rings. The van der Waals surface area contributed by atoms with Crippen LogP contribution < -0.4 is 9.64 Å². The minimum atomic E-state index is -0.0959. The Hall–Kier alpha value is -4.97. The standard InChI is InChI=1S/C45H52N5O/c1-8-29-48-39-19-12-10-17-36(39)44(3,4)41(48)27-23-33-15-14-16-34(43(33)50-31-38(46-47-50)32-21-25-35(51-7)26-22-32)24-28-42-45(5,6)37-18-11-13-20-40(37)49(42)30-9-2/h10-13,17-28,31H,8-9,14-16,29-30H2,1-7H3/q+1. The number of aromatic nitrogens is 3. The molecule has 0 bridgehead atoms. The van der Waals surface area contributed by atoms with Crippen LogP contribution in [-0.2, 0) is 10.8 Å². The van der Waals surface area contributed by atoms with Crippen molar-refractivity contribution >= 4 is 22.8 Å². The molecule has 7 rings (SSSR count). The Bertz CT molecular complexity index is 2090. The van der Waals surface area contributed by atoms with Gasteiger partial charge in [-0.3, -0.25) is 0 Å². The predicted molar refractivity (Wildman–Crippen MR) is 211 cm³/mol. The van der Waals surface area contributed by atoms with Crippen LogP contribution in [0.3, 0.4) is 0 Å². The van der Waals surface area contributed by atoms with Crippen LogP contribution in [0.1, 0.15) is 84.8 Å². The summed E-state index contributed by atoms with van der Waals surface area (Å²) >= 11 is 0. The predicted octanol–water partition coefficient (Wildman–Crippen LogP) is 10.4. The van der Waals surface area contributed by atoms with E-state index in [0.717, 1.165) is 67.9 Å². The molecule has 6 heteroatoms.